The number of carbonyl (C=O) groups excluding carboxylic acids is 2. The van der Waals surface area contributed by atoms with E-state index in [0.29, 0.717) is 22.7 Å². The van der Waals surface area contributed by atoms with Crippen LogP contribution < -0.4 is 0 Å². The average molecular weight is 433 g/mol. The van der Waals surface area contributed by atoms with Crippen molar-refractivity contribution in [3.05, 3.63) is 98.4 Å². The van der Waals surface area contributed by atoms with Gasteiger partial charge < -0.3 is 8.83 Å². The van der Waals surface area contributed by atoms with Crippen molar-refractivity contribution in [2.24, 2.45) is 0 Å². The van der Waals surface area contributed by atoms with Crippen molar-refractivity contribution < 1.29 is 18.4 Å². The molecular formula is C24H10Cl2O4. The van der Waals surface area contributed by atoms with Gasteiger partial charge in [-0.2, -0.15) is 0 Å². The Kier molecular flexibility index (Phi) is 4.36. The lowest BCUT2D eigenvalue weighted by Gasteiger charge is -1.98. The van der Waals surface area contributed by atoms with E-state index in [0.717, 1.165) is 5.56 Å². The lowest BCUT2D eigenvalue weighted by molar-refractivity contribution is 0.0990. The first-order valence-electron chi connectivity index (χ1n) is 8.90. The Morgan fingerprint density at radius 2 is 1.40 bits per heavy atom. The normalized spacial score (nSPS) is 12.8. The summed E-state index contributed by atoms with van der Waals surface area (Å²) in [5, 5.41) is 0.440. The number of benzene rings is 2. The Balaban J connectivity index is 1.46. The number of ketones is 2. The highest BCUT2D eigenvalue weighted by Gasteiger charge is 2.34. The standard InChI is InChI=1S/C24H10Cl2O4/c25-19-11-16-17(12-20(19)26)24(28)18(23(16)27)8-15-10-22-21(30-15)9-14(29-22)7-6-13-4-2-1-3-5-13/h1-5,8-12H. The summed E-state index contributed by atoms with van der Waals surface area (Å²) >= 11 is 11.9. The van der Waals surface area contributed by atoms with Crippen LogP contribution in [-0.2, 0) is 0 Å². The summed E-state index contributed by atoms with van der Waals surface area (Å²) in [5.74, 6) is 5.89. The molecule has 2 heterocycles. The minimum atomic E-state index is -0.420. The van der Waals surface area contributed by atoms with Crippen LogP contribution in [0.15, 0.2) is 69.0 Å². The zero-order valence-electron chi connectivity index (χ0n) is 15.2. The van der Waals surface area contributed by atoms with Crippen LogP contribution in [0.3, 0.4) is 0 Å². The second-order valence-corrected chi connectivity index (χ2v) is 7.45. The lowest BCUT2D eigenvalue weighted by atomic mass is 10.1. The van der Waals surface area contributed by atoms with Crippen molar-refractivity contribution in [2.45, 2.75) is 0 Å². The van der Waals surface area contributed by atoms with Crippen molar-refractivity contribution in [1.82, 2.24) is 0 Å². The molecule has 0 atom stereocenters. The summed E-state index contributed by atoms with van der Waals surface area (Å²) in [6, 6.07) is 15.6. The predicted octanol–water partition coefficient (Wildman–Crippen LogP) is 6.20. The maximum Gasteiger partial charge on any atom is 0.197 e. The third kappa shape index (κ3) is 3.15. The van der Waals surface area contributed by atoms with Crippen LogP contribution in [0.1, 0.15) is 37.8 Å². The highest BCUT2D eigenvalue weighted by molar-refractivity contribution is 6.46. The molecule has 30 heavy (non-hydrogen) atoms. The van der Waals surface area contributed by atoms with Gasteiger partial charge in [0.25, 0.3) is 0 Å². The molecule has 0 radical (unpaired) electrons. The molecule has 0 saturated carbocycles. The lowest BCUT2D eigenvalue weighted by Crippen LogP contribution is -1.99. The van der Waals surface area contributed by atoms with Crippen LogP contribution in [0, 0.1) is 11.8 Å². The molecule has 1 aliphatic rings. The maximum absolute atomic E-state index is 12.6. The summed E-state index contributed by atoms with van der Waals surface area (Å²) in [7, 11) is 0. The average Bonchev–Trinajstić information content (AvgIpc) is 3.35. The van der Waals surface area contributed by atoms with E-state index in [1.54, 1.807) is 12.1 Å². The third-order valence-corrected chi connectivity index (χ3v) is 5.38. The van der Waals surface area contributed by atoms with E-state index in [-0.39, 0.29) is 26.7 Å². The van der Waals surface area contributed by atoms with Gasteiger partial charge in [0.2, 0.25) is 0 Å². The number of halogens is 2. The van der Waals surface area contributed by atoms with Crippen molar-refractivity contribution in [2.75, 3.05) is 0 Å². The Morgan fingerprint density at radius 1 is 0.767 bits per heavy atom. The van der Waals surface area contributed by atoms with E-state index in [1.165, 1.54) is 18.2 Å². The van der Waals surface area contributed by atoms with Crippen molar-refractivity contribution in [3.8, 4) is 11.8 Å². The molecule has 2 aromatic carbocycles. The largest absolute Gasteiger partial charge is 0.453 e. The van der Waals surface area contributed by atoms with Gasteiger partial charge >= 0.3 is 0 Å². The first-order valence-corrected chi connectivity index (χ1v) is 9.66. The summed E-state index contributed by atoms with van der Waals surface area (Å²) in [4.78, 5) is 25.3. The molecule has 0 amide bonds. The first kappa shape index (κ1) is 18.5. The highest BCUT2D eigenvalue weighted by Crippen LogP contribution is 2.35. The number of hydrogen-bond donors (Lipinski definition) is 0. The molecule has 1 aliphatic carbocycles. The molecule has 0 bridgehead atoms. The van der Waals surface area contributed by atoms with Crippen LogP contribution in [0.5, 0.6) is 0 Å². The number of allylic oxidation sites excluding steroid dienone is 1. The topological polar surface area (TPSA) is 60.4 Å². The van der Waals surface area contributed by atoms with Crippen LogP contribution in [0.4, 0.5) is 0 Å². The minimum Gasteiger partial charge on any atom is -0.453 e. The second kappa shape index (κ2) is 7.07. The SMILES string of the molecule is O=C1C(=Cc2cc3oc(C#Cc4ccccc4)cc3o2)C(=O)c2cc(Cl)c(Cl)cc21. The van der Waals surface area contributed by atoms with Gasteiger partial charge in [0, 0.05) is 28.8 Å². The van der Waals surface area contributed by atoms with Gasteiger partial charge in [0.1, 0.15) is 5.76 Å². The van der Waals surface area contributed by atoms with Gasteiger partial charge in [-0.1, -0.05) is 47.3 Å². The van der Waals surface area contributed by atoms with Crippen LogP contribution in [-0.4, -0.2) is 11.6 Å². The second-order valence-electron chi connectivity index (χ2n) is 6.63. The van der Waals surface area contributed by atoms with Crippen LogP contribution in [0.2, 0.25) is 10.0 Å². The fraction of sp³-hybridized carbons (Fsp3) is 0. The number of hydrogen-bond acceptors (Lipinski definition) is 4. The van der Waals surface area contributed by atoms with Crippen LogP contribution >= 0.6 is 23.2 Å². The molecule has 0 saturated heterocycles. The number of Topliss-reactive ketones (excluding diaryl/α,β-unsaturated/α-hetero) is 2. The van der Waals surface area contributed by atoms with E-state index in [9.17, 15) is 9.59 Å². The Bertz CT molecular complexity index is 1370. The predicted molar refractivity (Wildman–Crippen MR) is 114 cm³/mol. The molecular weight excluding hydrogens is 423 g/mol. The number of rotatable bonds is 1. The summed E-state index contributed by atoms with van der Waals surface area (Å²) in [6.07, 6.45) is 1.40. The molecule has 0 fully saturated rings. The number of fused-ring (bicyclic) bond motifs is 2. The Morgan fingerprint density at radius 3 is 2.03 bits per heavy atom. The highest BCUT2D eigenvalue weighted by atomic mass is 35.5. The number of carbonyl (C=O) groups is 2. The van der Waals surface area contributed by atoms with Gasteiger partial charge in [-0.3, -0.25) is 9.59 Å². The number of furan rings is 2. The van der Waals surface area contributed by atoms with E-state index >= 15 is 0 Å². The Labute approximate surface area is 180 Å². The van der Waals surface area contributed by atoms with Crippen molar-refractivity contribution in [3.63, 3.8) is 0 Å². The van der Waals surface area contributed by atoms with Crippen LogP contribution in [0.25, 0.3) is 17.2 Å². The summed E-state index contributed by atoms with van der Waals surface area (Å²) < 4.78 is 11.4. The quantitative estimate of drug-likeness (QED) is 0.204. The fourth-order valence-electron chi connectivity index (χ4n) is 3.23. The fourth-order valence-corrected chi connectivity index (χ4v) is 3.56. The van der Waals surface area contributed by atoms with Gasteiger partial charge in [0.15, 0.2) is 28.5 Å². The molecule has 0 aliphatic heterocycles. The van der Waals surface area contributed by atoms with Crippen molar-refractivity contribution in [1.29, 1.82) is 0 Å². The van der Waals surface area contributed by atoms with Crippen molar-refractivity contribution >= 4 is 52.0 Å². The molecule has 4 nitrogen and oxygen atoms in total. The van der Waals surface area contributed by atoms with E-state index in [2.05, 4.69) is 11.8 Å². The smallest absolute Gasteiger partial charge is 0.197 e. The van der Waals surface area contributed by atoms with E-state index in [1.807, 2.05) is 30.3 Å². The molecule has 2 aromatic heterocycles. The van der Waals surface area contributed by atoms with E-state index < -0.39 is 11.6 Å². The minimum absolute atomic E-state index is 0.0103. The van der Waals surface area contributed by atoms with Gasteiger partial charge in [0.05, 0.1) is 15.6 Å². The Hall–Kier alpha value is -3.52. The molecule has 4 aromatic rings. The maximum atomic E-state index is 12.6. The molecule has 5 rings (SSSR count). The zero-order valence-corrected chi connectivity index (χ0v) is 16.7. The van der Waals surface area contributed by atoms with E-state index in [4.69, 9.17) is 32.0 Å². The third-order valence-electron chi connectivity index (χ3n) is 4.66. The molecule has 0 N–H and O–H groups in total. The molecule has 6 heteroatoms. The van der Waals surface area contributed by atoms with Gasteiger partial charge in [-0.05, 0) is 36.3 Å². The molecule has 144 valence electrons. The zero-order chi connectivity index (χ0) is 20.8. The summed E-state index contributed by atoms with van der Waals surface area (Å²) in [5.41, 5.74) is 2.27. The first-order chi connectivity index (χ1) is 14.5. The summed E-state index contributed by atoms with van der Waals surface area (Å²) in [6.45, 7) is 0. The monoisotopic (exact) mass is 432 g/mol. The van der Waals surface area contributed by atoms with Gasteiger partial charge in [-0.25, -0.2) is 0 Å². The molecule has 0 unspecified atom stereocenters. The molecule has 0 spiro atoms. The van der Waals surface area contributed by atoms with Gasteiger partial charge in [-0.15, -0.1) is 0 Å².